The van der Waals surface area contributed by atoms with E-state index in [9.17, 15) is 9.18 Å². The molecule has 0 aliphatic rings. The maximum Gasteiger partial charge on any atom is 0.336 e. The zero-order valence-corrected chi connectivity index (χ0v) is 11.0. The fourth-order valence-corrected chi connectivity index (χ4v) is 1.96. The third-order valence-corrected chi connectivity index (χ3v) is 3.32. The summed E-state index contributed by atoms with van der Waals surface area (Å²) in [5.74, 6) is -0.861. The second kappa shape index (κ2) is 6.10. The van der Waals surface area contributed by atoms with Crippen molar-refractivity contribution in [1.29, 1.82) is 0 Å². The first-order valence-electron chi connectivity index (χ1n) is 4.52. The average Bonchev–Trinajstić information content (AvgIpc) is 2.24. The van der Waals surface area contributed by atoms with Gasteiger partial charge in [0.05, 0.1) is 15.7 Å². The number of carboxylic acids is 1. The Labute approximate surface area is 106 Å². The van der Waals surface area contributed by atoms with Gasteiger partial charge >= 0.3 is 5.97 Å². The van der Waals surface area contributed by atoms with Gasteiger partial charge in [-0.1, -0.05) is 0 Å². The Kier molecular flexibility index (Phi) is 5.08. The number of anilines is 1. The predicted octanol–water partition coefficient (Wildman–Crippen LogP) is 3.06. The molecule has 6 heteroatoms. The highest BCUT2D eigenvalue weighted by Crippen LogP contribution is 2.27. The van der Waals surface area contributed by atoms with E-state index in [-0.39, 0.29) is 10.0 Å². The molecule has 2 N–H and O–H groups in total. The van der Waals surface area contributed by atoms with Gasteiger partial charge in [0.1, 0.15) is 0 Å². The molecule has 0 atom stereocenters. The monoisotopic (exact) mass is 307 g/mol. The van der Waals surface area contributed by atoms with Crippen LogP contribution in [0.2, 0.25) is 0 Å². The second-order valence-corrected chi connectivity index (χ2v) is 4.79. The molecule has 16 heavy (non-hydrogen) atoms. The number of nitrogens with one attached hydrogen (secondary N) is 1. The lowest BCUT2D eigenvalue weighted by Crippen LogP contribution is -2.07. The van der Waals surface area contributed by atoms with Crippen LogP contribution in [-0.2, 0) is 0 Å². The average molecular weight is 308 g/mol. The van der Waals surface area contributed by atoms with Crippen molar-refractivity contribution >= 4 is 39.3 Å². The molecule has 0 radical (unpaired) electrons. The van der Waals surface area contributed by atoms with Gasteiger partial charge in [0, 0.05) is 12.3 Å². The third kappa shape index (κ3) is 3.12. The van der Waals surface area contributed by atoms with Crippen molar-refractivity contribution in [2.45, 2.75) is 0 Å². The lowest BCUT2D eigenvalue weighted by Gasteiger charge is -2.09. The summed E-state index contributed by atoms with van der Waals surface area (Å²) >= 11 is 4.59. The fourth-order valence-electron chi connectivity index (χ4n) is 1.14. The maximum atomic E-state index is 13.7. The summed E-state index contributed by atoms with van der Waals surface area (Å²) in [6, 6.07) is 2.81. The highest BCUT2D eigenvalue weighted by Gasteiger charge is 2.15. The van der Waals surface area contributed by atoms with Crippen molar-refractivity contribution in [3.63, 3.8) is 0 Å². The van der Waals surface area contributed by atoms with Gasteiger partial charge in [0.15, 0.2) is 5.82 Å². The van der Waals surface area contributed by atoms with Gasteiger partial charge in [0.25, 0.3) is 0 Å². The van der Waals surface area contributed by atoms with Crippen LogP contribution in [-0.4, -0.2) is 29.6 Å². The minimum absolute atomic E-state index is 0.0193. The lowest BCUT2D eigenvalue weighted by atomic mass is 10.2. The molecular weight excluding hydrogens is 297 g/mol. The van der Waals surface area contributed by atoms with E-state index < -0.39 is 11.8 Å². The van der Waals surface area contributed by atoms with Crippen molar-refractivity contribution < 1.29 is 14.3 Å². The van der Waals surface area contributed by atoms with Crippen LogP contribution in [0.4, 0.5) is 10.1 Å². The number of carbonyl (C=O) groups is 1. The van der Waals surface area contributed by atoms with E-state index in [1.807, 2.05) is 6.26 Å². The Balaban J connectivity index is 2.89. The van der Waals surface area contributed by atoms with Crippen molar-refractivity contribution in [1.82, 2.24) is 0 Å². The lowest BCUT2D eigenvalue weighted by molar-refractivity contribution is 0.0695. The quantitative estimate of drug-likeness (QED) is 0.821. The zero-order valence-electron chi connectivity index (χ0n) is 8.59. The summed E-state index contributed by atoms with van der Waals surface area (Å²) in [6.45, 7) is 0.636. The van der Waals surface area contributed by atoms with Crippen molar-refractivity contribution in [3.05, 3.63) is 28.0 Å². The Morgan fingerprint density at radius 1 is 1.62 bits per heavy atom. The molecule has 0 unspecified atom stereocenters. The first-order chi connectivity index (χ1) is 7.57. The van der Waals surface area contributed by atoms with Crippen LogP contribution in [0.3, 0.4) is 0 Å². The van der Waals surface area contributed by atoms with Gasteiger partial charge in [0.2, 0.25) is 0 Å². The molecule has 88 valence electrons. The van der Waals surface area contributed by atoms with Crippen LogP contribution in [0.25, 0.3) is 0 Å². The number of rotatable bonds is 5. The summed E-state index contributed by atoms with van der Waals surface area (Å²) in [6.07, 6.45) is 1.96. The summed E-state index contributed by atoms with van der Waals surface area (Å²) in [5, 5.41) is 11.7. The van der Waals surface area contributed by atoms with Crippen molar-refractivity contribution in [2.24, 2.45) is 0 Å². The van der Waals surface area contributed by atoms with Crippen LogP contribution >= 0.6 is 27.7 Å². The number of carboxylic acid groups (broad SMARTS) is 1. The van der Waals surface area contributed by atoms with E-state index in [4.69, 9.17) is 5.11 Å². The van der Waals surface area contributed by atoms with E-state index in [0.717, 1.165) is 5.75 Å². The van der Waals surface area contributed by atoms with E-state index in [0.29, 0.717) is 12.2 Å². The van der Waals surface area contributed by atoms with E-state index >= 15 is 0 Å². The number of benzene rings is 1. The smallest absolute Gasteiger partial charge is 0.336 e. The first kappa shape index (κ1) is 13.3. The molecule has 0 amide bonds. The molecule has 1 rings (SSSR count). The molecule has 0 bridgehead atoms. The van der Waals surface area contributed by atoms with Crippen molar-refractivity contribution in [2.75, 3.05) is 23.9 Å². The van der Waals surface area contributed by atoms with E-state index in [1.54, 1.807) is 11.8 Å². The number of aromatic carboxylic acids is 1. The molecule has 0 aliphatic carbocycles. The summed E-state index contributed by atoms with van der Waals surface area (Å²) in [4.78, 5) is 10.7. The molecule has 0 heterocycles. The predicted molar refractivity (Wildman–Crippen MR) is 67.9 cm³/mol. The minimum Gasteiger partial charge on any atom is -0.478 e. The molecule has 1 aromatic rings. The first-order valence-corrected chi connectivity index (χ1v) is 6.70. The highest BCUT2D eigenvalue weighted by atomic mass is 79.9. The molecule has 1 aromatic carbocycles. The number of halogens is 2. The number of thioether (sulfide) groups is 1. The summed E-state index contributed by atoms with van der Waals surface area (Å²) < 4.78 is 13.7. The van der Waals surface area contributed by atoms with Gasteiger partial charge in [-0.2, -0.15) is 11.8 Å². The SMILES string of the molecule is CSCCNc1ccc(C(=O)O)c(Br)c1F. The van der Waals surface area contributed by atoms with Crippen LogP contribution < -0.4 is 5.32 Å². The second-order valence-electron chi connectivity index (χ2n) is 3.01. The van der Waals surface area contributed by atoms with E-state index in [1.165, 1.54) is 12.1 Å². The Morgan fingerprint density at radius 2 is 2.31 bits per heavy atom. The normalized spacial score (nSPS) is 10.2. The standard InChI is InChI=1S/C10H11BrFNO2S/c1-16-5-4-13-7-3-2-6(10(14)15)8(11)9(7)12/h2-3,13H,4-5H2,1H3,(H,14,15). The van der Waals surface area contributed by atoms with Crippen LogP contribution in [0.15, 0.2) is 16.6 Å². The molecule has 0 spiro atoms. The molecule has 0 saturated heterocycles. The number of hydrogen-bond donors (Lipinski definition) is 2. The molecular formula is C10H11BrFNO2S. The minimum atomic E-state index is -1.15. The van der Waals surface area contributed by atoms with Crippen LogP contribution in [0, 0.1) is 5.82 Å². The molecule has 0 aromatic heterocycles. The van der Waals surface area contributed by atoms with Gasteiger partial charge in [-0.3, -0.25) is 0 Å². The highest BCUT2D eigenvalue weighted by molar-refractivity contribution is 9.10. The fraction of sp³-hybridized carbons (Fsp3) is 0.300. The van der Waals surface area contributed by atoms with Gasteiger partial charge in [-0.15, -0.1) is 0 Å². The number of hydrogen-bond acceptors (Lipinski definition) is 3. The van der Waals surface area contributed by atoms with Gasteiger partial charge < -0.3 is 10.4 Å². The molecule has 3 nitrogen and oxygen atoms in total. The Bertz CT molecular complexity index is 401. The summed E-state index contributed by atoms with van der Waals surface area (Å²) in [7, 11) is 0. The molecule has 0 saturated carbocycles. The van der Waals surface area contributed by atoms with Gasteiger partial charge in [-0.05, 0) is 34.3 Å². The Morgan fingerprint density at radius 3 is 2.88 bits per heavy atom. The molecule has 0 fully saturated rings. The molecule has 0 aliphatic heterocycles. The maximum absolute atomic E-state index is 13.7. The van der Waals surface area contributed by atoms with Crippen LogP contribution in [0.5, 0.6) is 0 Å². The van der Waals surface area contributed by atoms with Crippen LogP contribution in [0.1, 0.15) is 10.4 Å². The van der Waals surface area contributed by atoms with E-state index in [2.05, 4.69) is 21.2 Å². The largest absolute Gasteiger partial charge is 0.478 e. The topological polar surface area (TPSA) is 49.3 Å². The van der Waals surface area contributed by atoms with Crippen molar-refractivity contribution in [3.8, 4) is 0 Å². The summed E-state index contributed by atoms with van der Waals surface area (Å²) in [5.41, 5.74) is 0.235. The zero-order chi connectivity index (χ0) is 12.1. The Hall–Kier alpha value is -0.750. The van der Waals surface area contributed by atoms with Gasteiger partial charge in [-0.25, -0.2) is 9.18 Å². The third-order valence-electron chi connectivity index (χ3n) is 1.93.